The molecule has 0 saturated heterocycles. The zero-order valence-corrected chi connectivity index (χ0v) is 14.0. The highest BCUT2D eigenvalue weighted by Gasteiger charge is 2.19. The summed E-state index contributed by atoms with van der Waals surface area (Å²) in [6, 6.07) is 3.30. The van der Waals surface area contributed by atoms with Crippen LogP contribution in [0.5, 0.6) is 0 Å². The first-order valence-electron chi connectivity index (χ1n) is 6.71. The third kappa shape index (κ3) is 4.74. The number of hydrogen-bond acceptors (Lipinski definition) is 3. The standard InChI is InChI=1S/C14H23ClN2O2S/c1-10(2)5-6-17-20(18,19)14-8-13(15)7-12(9-16-4)11(14)3/h7-8,10,16-17H,5-6,9H2,1-4H3. The van der Waals surface area contributed by atoms with E-state index in [1.165, 1.54) is 6.07 Å². The second-order valence-corrected chi connectivity index (χ2v) is 7.47. The van der Waals surface area contributed by atoms with E-state index in [0.29, 0.717) is 24.0 Å². The van der Waals surface area contributed by atoms with Crippen LogP contribution in [-0.2, 0) is 16.6 Å². The molecule has 1 aromatic carbocycles. The smallest absolute Gasteiger partial charge is 0.240 e. The molecule has 0 aromatic heterocycles. The lowest BCUT2D eigenvalue weighted by atomic mass is 10.1. The van der Waals surface area contributed by atoms with Crippen molar-refractivity contribution in [2.24, 2.45) is 5.92 Å². The summed E-state index contributed by atoms with van der Waals surface area (Å²) in [5, 5.41) is 3.45. The number of rotatable bonds is 7. The van der Waals surface area contributed by atoms with Crippen molar-refractivity contribution in [2.75, 3.05) is 13.6 Å². The van der Waals surface area contributed by atoms with Gasteiger partial charge in [-0.25, -0.2) is 13.1 Å². The average Bonchev–Trinajstić information content (AvgIpc) is 2.32. The number of hydrogen-bond donors (Lipinski definition) is 2. The maximum Gasteiger partial charge on any atom is 0.240 e. The fourth-order valence-corrected chi connectivity index (χ4v) is 3.58. The molecule has 0 spiro atoms. The highest BCUT2D eigenvalue weighted by atomic mass is 35.5. The highest BCUT2D eigenvalue weighted by molar-refractivity contribution is 7.89. The van der Waals surface area contributed by atoms with Gasteiger partial charge in [-0.3, -0.25) is 0 Å². The van der Waals surface area contributed by atoms with Gasteiger partial charge in [-0.1, -0.05) is 25.4 Å². The Balaban J connectivity index is 3.05. The van der Waals surface area contributed by atoms with Crippen LogP contribution in [0, 0.1) is 12.8 Å². The molecule has 0 aliphatic heterocycles. The summed E-state index contributed by atoms with van der Waals surface area (Å²) < 4.78 is 27.3. The van der Waals surface area contributed by atoms with Crippen molar-refractivity contribution in [3.05, 3.63) is 28.3 Å². The van der Waals surface area contributed by atoms with Crippen LogP contribution in [0.3, 0.4) is 0 Å². The quantitative estimate of drug-likeness (QED) is 0.812. The third-order valence-corrected chi connectivity index (χ3v) is 4.91. The number of benzene rings is 1. The number of sulfonamides is 1. The SMILES string of the molecule is CNCc1cc(Cl)cc(S(=O)(=O)NCCC(C)C)c1C. The Morgan fingerprint density at radius 1 is 1.30 bits per heavy atom. The molecular formula is C14H23ClN2O2S. The fraction of sp³-hybridized carbons (Fsp3) is 0.571. The van der Waals surface area contributed by atoms with E-state index in [1.54, 1.807) is 13.0 Å². The first kappa shape index (κ1) is 17.4. The monoisotopic (exact) mass is 318 g/mol. The summed E-state index contributed by atoms with van der Waals surface area (Å²) in [5.41, 5.74) is 1.63. The second-order valence-electron chi connectivity index (χ2n) is 5.30. The maximum atomic E-state index is 12.4. The predicted octanol–water partition coefficient (Wildman–Crippen LogP) is 2.69. The Labute approximate surface area is 127 Å². The zero-order valence-electron chi connectivity index (χ0n) is 12.5. The van der Waals surface area contributed by atoms with Gasteiger partial charge < -0.3 is 5.32 Å². The molecule has 0 heterocycles. The van der Waals surface area contributed by atoms with Gasteiger partial charge in [0, 0.05) is 18.1 Å². The predicted molar refractivity (Wildman–Crippen MR) is 83.6 cm³/mol. The van der Waals surface area contributed by atoms with Crippen molar-refractivity contribution in [2.45, 2.75) is 38.6 Å². The van der Waals surface area contributed by atoms with Gasteiger partial charge in [0.1, 0.15) is 0 Å². The van der Waals surface area contributed by atoms with Crippen LogP contribution in [0.1, 0.15) is 31.4 Å². The van der Waals surface area contributed by atoms with E-state index in [-0.39, 0.29) is 4.90 Å². The van der Waals surface area contributed by atoms with Gasteiger partial charge in [-0.15, -0.1) is 0 Å². The van der Waals surface area contributed by atoms with E-state index in [9.17, 15) is 8.42 Å². The van der Waals surface area contributed by atoms with E-state index < -0.39 is 10.0 Å². The molecule has 6 heteroatoms. The fourth-order valence-electron chi connectivity index (χ4n) is 1.92. The summed E-state index contributed by atoms with van der Waals surface area (Å²) in [6.07, 6.45) is 0.808. The summed E-state index contributed by atoms with van der Waals surface area (Å²) in [4.78, 5) is 0.263. The van der Waals surface area contributed by atoms with Crippen molar-refractivity contribution in [1.29, 1.82) is 0 Å². The molecular weight excluding hydrogens is 296 g/mol. The Kier molecular flexibility index (Phi) is 6.45. The average molecular weight is 319 g/mol. The molecule has 0 fully saturated rings. The van der Waals surface area contributed by atoms with Gasteiger partial charge in [-0.05, 0) is 49.6 Å². The van der Waals surface area contributed by atoms with Crippen LogP contribution >= 0.6 is 11.6 Å². The molecule has 20 heavy (non-hydrogen) atoms. The molecule has 0 amide bonds. The maximum absolute atomic E-state index is 12.4. The Bertz CT molecular complexity index is 557. The lowest BCUT2D eigenvalue weighted by Gasteiger charge is -2.14. The normalized spacial score (nSPS) is 12.1. The van der Waals surface area contributed by atoms with Crippen molar-refractivity contribution >= 4 is 21.6 Å². The molecule has 0 aliphatic carbocycles. The molecule has 114 valence electrons. The molecule has 0 atom stereocenters. The lowest BCUT2D eigenvalue weighted by molar-refractivity contribution is 0.551. The molecule has 2 N–H and O–H groups in total. The molecule has 0 aliphatic rings. The van der Waals surface area contributed by atoms with E-state index in [4.69, 9.17) is 11.6 Å². The van der Waals surface area contributed by atoms with Gasteiger partial charge in [0.05, 0.1) is 4.90 Å². The van der Waals surface area contributed by atoms with Crippen molar-refractivity contribution in [3.63, 3.8) is 0 Å². The Morgan fingerprint density at radius 2 is 1.95 bits per heavy atom. The van der Waals surface area contributed by atoms with Gasteiger partial charge in [0.25, 0.3) is 0 Å². The largest absolute Gasteiger partial charge is 0.316 e. The van der Waals surface area contributed by atoms with Crippen LogP contribution in [0.15, 0.2) is 17.0 Å². The van der Waals surface area contributed by atoms with Crippen molar-refractivity contribution < 1.29 is 8.42 Å². The molecule has 0 saturated carbocycles. The van der Waals surface area contributed by atoms with E-state index in [1.807, 2.05) is 7.05 Å². The van der Waals surface area contributed by atoms with Crippen LogP contribution < -0.4 is 10.0 Å². The van der Waals surface area contributed by atoms with Crippen molar-refractivity contribution in [1.82, 2.24) is 10.0 Å². The summed E-state index contributed by atoms with van der Waals surface area (Å²) in [6.45, 7) is 6.95. The highest BCUT2D eigenvalue weighted by Crippen LogP contribution is 2.24. The van der Waals surface area contributed by atoms with Gasteiger partial charge >= 0.3 is 0 Å². The Hall–Kier alpha value is -0.620. The minimum absolute atomic E-state index is 0.263. The number of halogens is 1. The van der Waals surface area contributed by atoms with Crippen LogP contribution in [0.25, 0.3) is 0 Å². The van der Waals surface area contributed by atoms with E-state index >= 15 is 0 Å². The number of nitrogens with one attached hydrogen (secondary N) is 2. The van der Waals surface area contributed by atoms with Crippen LogP contribution in [0.4, 0.5) is 0 Å². The first-order chi connectivity index (χ1) is 9.27. The molecule has 0 bridgehead atoms. The molecule has 0 radical (unpaired) electrons. The van der Waals surface area contributed by atoms with Gasteiger partial charge in [0.2, 0.25) is 10.0 Å². The summed E-state index contributed by atoms with van der Waals surface area (Å²) in [5.74, 6) is 0.456. The third-order valence-electron chi connectivity index (χ3n) is 3.10. The minimum Gasteiger partial charge on any atom is -0.316 e. The molecule has 0 unspecified atom stereocenters. The molecule has 1 aromatic rings. The van der Waals surface area contributed by atoms with Crippen LogP contribution in [0.2, 0.25) is 5.02 Å². The first-order valence-corrected chi connectivity index (χ1v) is 8.57. The minimum atomic E-state index is -3.51. The topological polar surface area (TPSA) is 58.2 Å². The van der Waals surface area contributed by atoms with E-state index in [0.717, 1.165) is 17.5 Å². The summed E-state index contributed by atoms with van der Waals surface area (Å²) >= 11 is 6.03. The van der Waals surface area contributed by atoms with Gasteiger partial charge in [-0.2, -0.15) is 0 Å². The lowest BCUT2D eigenvalue weighted by Crippen LogP contribution is -2.26. The van der Waals surface area contributed by atoms with E-state index in [2.05, 4.69) is 23.9 Å². The second kappa shape index (κ2) is 7.41. The zero-order chi connectivity index (χ0) is 15.3. The Morgan fingerprint density at radius 3 is 2.50 bits per heavy atom. The van der Waals surface area contributed by atoms with Crippen LogP contribution in [-0.4, -0.2) is 22.0 Å². The van der Waals surface area contributed by atoms with Crippen molar-refractivity contribution in [3.8, 4) is 0 Å². The van der Waals surface area contributed by atoms with Gasteiger partial charge in [0.15, 0.2) is 0 Å². The molecule has 1 rings (SSSR count). The molecule has 4 nitrogen and oxygen atoms in total. The summed E-state index contributed by atoms with van der Waals surface area (Å²) in [7, 11) is -1.70.